The van der Waals surface area contributed by atoms with Crippen molar-refractivity contribution < 1.29 is 19.1 Å². The Bertz CT molecular complexity index is 890. The number of hydrogen-bond donors (Lipinski definition) is 2. The molecular formula is C20H23N3O4S. The molecule has 0 aliphatic carbocycles. The van der Waals surface area contributed by atoms with Crippen molar-refractivity contribution in [2.75, 3.05) is 31.3 Å². The highest BCUT2D eigenvalue weighted by atomic mass is 32.1. The fourth-order valence-electron chi connectivity index (χ4n) is 2.93. The Morgan fingerprint density at radius 2 is 2.07 bits per heavy atom. The molecule has 7 nitrogen and oxygen atoms in total. The number of nitrogens with one attached hydrogen (secondary N) is 1. The van der Waals surface area contributed by atoms with Crippen LogP contribution in [0.3, 0.4) is 0 Å². The van der Waals surface area contributed by atoms with E-state index in [1.54, 1.807) is 25.0 Å². The van der Waals surface area contributed by atoms with E-state index >= 15 is 0 Å². The van der Waals surface area contributed by atoms with Crippen molar-refractivity contribution in [3.05, 3.63) is 46.3 Å². The van der Waals surface area contributed by atoms with Crippen molar-refractivity contribution in [1.29, 1.82) is 0 Å². The molecule has 0 atom stereocenters. The van der Waals surface area contributed by atoms with Crippen LogP contribution in [0.1, 0.15) is 22.9 Å². The van der Waals surface area contributed by atoms with Gasteiger partial charge < -0.3 is 25.4 Å². The average Bonchev–Trinajstić information content (AvgIpc) is 3.01. The number of thiophene rings is 1. The van der Waals surface area contributed by atoms with E-state index in [1.165, 1.54) is 17.4 Å². The zero-order chi connectivity index (χ0) is 20.1. The first kappa shape index (κ1) is 19.8. The number of carbonyl (C=O) groups excluding carboxylic acids is 2. The topological polar surface area (TPSA) is 93.9 Å². The van der Waals surface area contributed by atoms with Gasteiger partial charge in [-0.05, 0) is 42.7 Å². The Hall–Kier alpha value is -3.00. The molecule has 8 heteroatoms. The smallest absolute Gasteiger partial charge is 0.410 e. The number of methoxy groups -OCH3 is 1. The maximum absolute atomic E-state index is 12.3. The molecule has 1 aromatic heterocycles. The molecule has 0 radical (unpaired) electrons. The van der Waals surface area contributed by atoms with Crippen LogP contribution in [0.25, 0.3) is 6.08 Å². The monoisotopic (exact) mass is 401 g/mol. The van der Waals surface area contributed by atoms with Crippen LogP contribution in [0, 0.1) is 0 Å². The van der Waals surface area contributed by atoms with Gasteiger partial charge in [-0.2, -0.15) is 0 Å². The van der Waals surface area contributed by atoms with E-state index in [1.807, 2.05) is 24.3 Å². The van der Waals surface area contributed by atoms with Crippen LogP contribution in [0.15, 0.2) is 30.3 Å². The van der Waals surface area contributed by atoms with Gasteiger partial charge in [0.25, 0.3) is 0 Å². The van der Waals surface area contributed by atoms with Gasteiger partial charge >= 0.3 is 6.09 Å². The molecule has 0 fully saturated rings. The van der Waals surface area contributed by atoms with Crippen LogP contribution < -0.4 is 15.8 Å². The lowest BCUT2D eigenvalue weighted by atomic mass is 10.1. The van der Waals surface area contributed by atoms with Crippen molar-refractivity contribution in [2.45, 2.75) is 19.9 Å². The molecule has 2 heterocycles. The van der Waals surface area contributed by atoms with Gasteiger partial charge in [-0.25, -0.2) is 4.79 Å². The third-order valence-electron chi connectivity index (χ3n) is 4.40. The third kappa shape index (κ3) is 4.45. The maximum atomic E-state index is 12.3. The highest BCUT2D eigenvalue weighted by molar-refractivity contribution is 7.17. The number of hydrogen-bond acceptors (Lipinski definition) is 6. The van der Waals surface area contributed by atoms with Gasteiger partial charge in [0, 0.05) is 17.5 Å². The molecule has 0 spiro atoms. The molecule has 0 bridgehead atoms. The minimum atomic E-state index is -0.326. The molecular weight excluding hydrogens is 378 g/mol. The molecule has 0 saturated carbocycles. The lowest BCUT2D eigenvalue weighted by Gasteiger charge is -2.26. The first-order chi connectivity index (χ1) is 13.5. The summed E-state index contributed by atoms with van der Waals surface area (Å²) in [4.78, 5) is 26.8. The standard InChI is InChI=1S/C20H23N3O4S/c1-3-27-20(25)23-11-10-15-16(12-23)28-19(18(15)21)22-17(24)9-6-13-4-7-14(26-2)8-5-13/h4-9H,3,10-12,21H2,1-2H3,(H,22,24)/b9-6+. The quantitative estimate of drug-likeness (QED) is 0.748. The Kier molecular flexibility index (Phi) is 6.20. The van der Waals surface area contributed by atoms with E-state index in [2.05, 4.69) is 5.32 Å². The highest BCUT2D eigenvalue weighted by Crippen LogP contribution is 2.39. The number of ether oxygens (including phenoxy) is 2. The number of nitrogens with two attached hydrogens (primary N) is 1. The van der Waals surface area contributed by atoms with E-state index in [4.69, 9.17) is 15.2 Å². The fraction of sp³-hybridized carbons (Fsp3) is 0.300. The molecule has 1 aromatic carbocycles. The van der Waals surface area contributed by atoms with Crippen molar-refractivity contribution in [2.24, 2.45) is 0 Å². The first-order valence-electron chi connectivity index (χ1n) is 8.96. The van der Waals surface area contributed by atoms with Crippen LogP contribution in [-0.2, 0) is 22.5 Å². The van der Waals surface area contributed by atoms with Gasteiger partial charge in [-0.3, -0.25) is 4.79 Å². The van der Waals surface area contributed by atoms with Gasteiger partial charge in [0.2, 0.25) is 5.91 Å². The molecule has 3 rings (SSSR count). The largest absolute Gasteiger partial charge is 0.497 e. The molecule has 1 aliphatic heterocycles. The molecule has 148 valence electrons. The van der Waals surface area contributed by atoms with E-state index in [-0.39, 0.29) is 12.0 Å². The van der Waals surface area contributed by atoms with Gasteiger partial charge in [0.15, 0.2) is 0 Å². The molecule has 28 heavy (non-hydrogen) atoms. The summed E-state index contributed by atoms with van der Waals surface area (Å²) in [5.74, 6) is 0.499. The molecule has 2 aromatic rings. The summed E-state index contributed by atoms with van der Waals surface area (Å²) in [6, 6.07) is 7.39. The Balaban J connectivity index is 1.65. The average molecular weight is 401 g/mol. The second-order valence-electron chi connectivity index (χ2n) is 6.21. The number of carbonyl (C=O) groups is 2. The summed E-state index contributed by atoms with van der Waals surface area (Å²) in [6.45, 7) is 3.12. The first-order valence-corrected chi connectivity index (χ1v) is 9.78. The second-order valence-corrected chi connectivity index (χ2v) is 7.32. The number of benzene rings is 1. The molecule has 0 unspecified atom stereocenters. The predicted octanol–water partition coefficient (Wildman–Crippen LogP) is 3.51. The zero-order valence-electron chi connectivity index (χ0n) is 15.9. The van der Waals surface area contributed by atoms with Crippen molar-refractivity contribution >= 4 is 40.1 Å². The van der Waals surface area contributed by atoms with Crippen molar-refractivity contribution in [3.8, 4) is 5.75 Å². The molecule has 2 amide bonds. The normalized spacial score (nSPS) is 13.3. The molecule has 0 saturated heterocycles. The summed E-state index contributed by atoms with van der Waals surface area (Å²) >= 11 is 1.40. The predicted molar refractivity (Wildman–Crippen MR) is 111 cm³/mol. The number of fused-ring (bicyclic) bond motifs is 1. The Morgan fingerprint density at radius 1 is 1.32 bits per heavy atom. The van der Waals surface area contributed by atoms with Crippen LogP contribution in [0.4, 0.5) is 15.5 Å². The van der Waals surface area contributed by atoms with Gasteiger partial charge in [-0.15, -0.1) is 11.3 Å². The van der Waals surface area contributed by atoms with Crippen molar-refractivity contribution in [3.63, 3.8) is 0 Å². The maximum Gasteiger partial charge on any atom is 0.410 e. The zero-order valence-corrected chi connectivity index (χ0v) is 16.7. The fourth-order valence-corrected chi connectivity index (χ4v) is 4.12. The van der Waals surface area contributed by atoms with Crippen LogP contribution in [-0.4, -0.2) is 37.2 Å². The number of nitrogens with zero attached hydrogens (tertiary/aromatic N) is 1. The lowest BCUT2D eigenvalue weighted by Crippen LogP contribution is -2.35. The molecule has 3 N–H and O–H groups in total. The molecule has 1 aliphatic rings. The SMILES string of the molecule is CCOC(=O)N1CCc2c(sc(NC(=O)/C=C/c3ccc(OC)cc3)c2N)C1. The van der Waals surface area contributed by atoms with Crippen LogP contribution in [0.2, 0.25) is 0 Å². The number of amides is 2. The van der Waals surface area contributed by atoms with E-state index in [0.29, 0.717) is 36.8 Å². The summed E-state index contributed by atoms with van der Waals surface area (Å²) in [5, 5.41) is 3.45. The highest BCUT2D eigenvalue weighted by Gasteiger charge is 2.26. The Labute approximate surface area is 167 Å². The van der Waals surface area contributed by atoms with Gasteiger partial charge in [0.1, 0.15) is 10.8 Å². The summed E-state index contributed by atoms with van der Waals surface area (Å²) in [6.07, 6.45) is 3.51. The minimum Gasteiger partial charge on any atom is -0.497 e. The summed E-state index contributed by atoms with van der Waals surface area (Å²) < 4.78 is 10.2. The van der Waals surface area contributed by atoms with E-state index < -0.39 is 0 Å². The lowest BCUT2D eigenvalue weighted by molar-refractivity contribution is -0.111. The van der Waals surface area contributed by atoms with Crippen LogP contribution >= 0.6 is 11.3 Å². The second kappa shape index (κ2) is 8.79. The van der Waals surface area contributed by atoms with E-state index in [9.17, 15) is 9.59 Å². The van der Waals surface area contributed by atoms with Crippen LogP contribution in [0.5, 0.6) is 5.75 Å². The summed E-state index contributed by atoms with van der Waals surface area (Å²) in [5.41, 5.74) is 8.68. The number of nitrogen functional groups attached to an aromatic ring is 1. The van der Waals surface area contributed by atoms with Crippen molar-refractivity contribution in [1.82, 2.24) is 4.90 Å². The Morgan fingerprint density at radius 3 is 2.75 bits per heavy atom. The number of rotatable bonds is 5. The van der Waals surface area contributed by atoms with Gasteiger partial charge in [-0.1, -0.05) is 12.1 Å². The summed E-state index contributed by atoms with van der Waals surface area (Å²) in [7, 11) is 1.61. The van der Waals surface area contributed by atoms with Gasteiger partial charge in [0.05, 0.1) is 25.9 Å². The third-order valence-corrected chi connectivity index (χ3v) is 5.55. The van der Waals surface area contributed by atoms with E-state index in [0.717, 1.165) is 21.8 Å². The minimum absolute atomic E-state index is 0.261. The number of anilines is 2.